The maximum absolute atomic E-state index is 8.97. The average molecular weight is 297 g/mol. The minimum Gasteiger partial charge on any atom is -0.489 e. The number of halogens is 2. The Labute approximate surface area is 121 Å². The van der Waals surface area contributed by atoms with Crippen LogP contribution in [-0.4, -0.2) is 17.2 Å². The lowest BCUT2D eigenvalue weighted by Crippen LogP contribution is -2.29. The van der Waals surface area contributed by atoms with E-state index in [1.165, 1.54) is 0 Å². The van der Waals surface area contributed by atoms with Crippen molar-refractivity contribution < 1.29 is 14.8 Å². The summed E-state index contributed by atoms with van der Waals surface area (Å²) in [4.78, 5) is 0. The van der Waals surface area contributed by atoms with Gasteiger partial charge < -0.3 is 14.8 Å². The molecule has 0 bridgehead atoms. The Morgan fingerprint density at radius 3 is 2.32 bits per heavy atom. The van der Waals surface area contributed by atoms with Crippen LogP contribution in [0, 0.1) is 0 Å². The van der Waals surface area contributed by atoms with Crippen molar-refractivity contribution in [1.29, 1.82) is 0 Å². The van der Waals surface area contributed by atoms with Crippen LogP contribution in [0.2, 0.25) is 10.0 Å². The minimum absolute atomic E-state index is 0.292. The van der Waals surface area contributed by atoms with Crippen LogP contribution in [0.25, 0.3) is 0 Å². The summed E-state index contributed by atoms with van der Waals surface area (Å²) >= 11 is 12.0. The molecule has 2 rings (SSSR count). The van der Waals surface area contributed by atoms with Gasteiger partial charge in [-0.3, -0.25) is 0 Å². The van der Waals surface area contributed by atoms with E-state index in [1.54, 1.807) is 36.4 Å². The third-order valence-corrected chi connectivity index (χ3v) is 3.46. The normalized spacial score (nSPS) is 10.3. The van der Waals surface area contributed by atoms with E-state index in [0.717, 1.165) is 5.56 Å². The first-order valence-electron chi connectivity index (χ1n) is 5.59. The fraction of sp³-hybridized carbons (Fsp3) is 0.0769. The van der Waals surface area contributed by atoms with Crippen molar-refractivity contribution in [1.82, 2.24) is 0 Å². The standard InChI is InChI=1S/C13H11BCl2O3/c15-12-3-1-2-9(13(12)16)8-19-11-6-4-10(5-7-11)14(17)18/h1-7,17-18H,8H2. The van der Waals surface area contributed by atoms with E-state index in [1.807, 2.05) is 6.07 Å². The van der Waals surface area contributed by atoms with Crippen molar-refractivity contribution in [3.8, 4) is 5.75 Å². The summed E-state index contributed by atoms with van der Waals surface area (Å²) in [6.45, 7) is 0.292. The minimum atomic E-state index is -1.48. The molecule has 2 aromatic carbocycles. The SMILES string of the molecule is OB(O)c1ccc(OCc2cccc(Cl)c2Cl)cc1. The molecule has 0 aliphatic rings. The summed E-state index contributed by atoms with van der Waals surface area (Å²) in [5.41, 5.74) is 1.20. The van der Waals surface area contributed by atoms with Crippen molar-refractivity contribution in [3.05, 3.63) is 58.1 Å². The summed E-state index contributed by atoms with van der Waals surface area (Å²) in [5.74, 6) is 0.612. The molecule has 0 saturated heterocycles. The molecular formula is C13H11BCl2O3. The van der Waals surface area contributed by atoms with Crippen molar-refractivity contribution in [3.63, 3.8) is 0 Å². The van der Waals surface area contributed by atoms with Crippen molar-refractivity contribution in [2.75, 3.05) is 0 Å². The van der Waals surface area contributed by atoms with Gasteiger partial charge in [-0.25, -0.2) is 0 Å². The summed E-state index contributed by atoms with van der Waals surface area (Å²) in [6, 6.07) is 11.8. The van der Waals surface area contributed by atoms with E-state index in [0.29, 0.717) is 27.9 Å². The molecule has 3 nitrogen and oxygen atoms in total. The molecular weight excluding hydrogens is 286 g/mol. The van der Waals surface area contributed by atoms with Gasteiger partial charge in [0.05, 0.1) is 10.0 Å². The van der Waals surface area contributed by atoms with Gasteiger partial charge in [0.15, 0.2) is 0 Å². The lowest BCUT2D eigenvalue weighted by molar-refractivity contribution is 0.306. The molecule has 0 radical (unpaired) electrons. The zero-order chi connectivity index (χ0) is 13.8. The fourth-order valence-electron chi connectivity index (χ4n) is 1.56. The first-order valence-corrected chi connectivity index (χ1v) is 6.35. The predicted molar refractivity (Wildman–Crippen MR) is 77.1 cm³/mol. The molecule has 0 unspecified atom stereocenters. The topological polar surface area (TPSA) is 49.7 Å². The molecule has 2 aromatic rings. The van der Waals surface area contributed by atoms with Crippen LogP contribution < -0.4 is 10.2 Å². The zero-order valence-corrected chi connectivity index (χ0v) is 11.4. The lowest BCUT2D eigenvalue weighted by atomic mass is 9.80. The molecule has 0 aromatic heterocycles. The third kappa shape index (κ3) is 3.64. The Morgan fingerprint density at radius 1 is 1.00 bits per heavy atom. The first kappa shape index (κ1) is 14.2. The van der Waals surface area contributed by atoms with Gasteiger partial charge >= 0.3 is 7.12 Å². The fourth-order valence-corrected chi connectivity index (χ4v) is 1.93. The van der Waals surface area contributed by atoms with Gasteiger partial charge in [0, 0.05) is 5.56 Å². The van der Waals surface area contributed by atoms with Crippen LogP contribution in [0.5, 0.6) is 5.75 Å². The summed E-state index contributed by atoms with van der Waals surface area (Å²) < 4.78 is 5.56. The lowest BCUT2D eigenvalue weighted by Gasteiger charge is -2.09. The summed E-state index contributed by atoms with van der Waals surface area (Å²) in [7, 11) is -1.48. The average Bonchev–Trinajstić information content (AvgIpc) is 2.41. The van der Waals surface area contributed by atoms with E-state index in [9.17, 15) is 0 Å². The molecule has 6 heteroatoms. The monoisotopic (exact) mass is 296 g/mol. The van der Waals surface area contributed by atoms with Gasteiger partial charge in [-0.05, 0) is 23.7 Å². The highest BCUT2D eigenvalue weighted by atomic mass is 35.5. The Morgan fingerprint density at radius 2 is 1.68 bits per heavy atom. The van der Waals surface area contributed by atoms with Crippen LogP contribution in [-0.2, 0) is 6.61 Å². The largest absolute Gasteiger partial charge is 0.489 e. The van der Waals surface area contributed by atoms with Gasteiger partial charge in [-0.2, -0.15) is 0 Å². The smallest absolute Gasteiger partial charge is 0.488 e. The van der Waals surface area contributed by atoms with E-state index in [4.69, 9.17) is 38.0 Å². The van der Waals surface area contributed by atoms with Gasteiger partial charge in [-0.15, -0.1) is 0 Å². The van der Waals surface area contributed by atoms with Crippen LogP contribution in [0.4, 0.5) is 0 Å². The molecule has 0 atom stereocenters. The molecule has 0 aliphatic heterocycles. The van der Waals surface area contributed by atoms with Crippen LogP contribution in [0.3, 0.4) is 0 Å². The Hall–Kier alpha value is -1.20. The summed E-state index contributed by atoms with van der Waals surface area (Å²) in [6.07, 6.45) is 0. The van der Waals surface area contributed by atoms with Gasteiger partial charge in [-0.1, -0.05) is 47.5 Å². The molecule has 0 spiro atoms. The van der Waals surface area contributed by atoms with Gasteiger partial charge in [0.2, 0.25) is 0 Å². The van der Waals surface area contributed by atoms with Crippen LogP contribution in [0.1, 0.15) is 5.56 Å². The van der Waals surface area contributed by atoms with Crippen molar-refractivity contribution in [2.24, 2.45) is 0 Å². The van der Waals surface area contributed by atoms with Crippen molar-refractivity contribution in [2.45, 2.75) is 6.61 Å². The molecule has 0 saturated carbocycles. The van der Waals surface area contributed by atoms with E-state index in [-0.39, 0.29) is 0 Å². The second kappa shape index (κ2) is 6.30. The maximum Gasteiger partial charge on any atom is 0.488 e. The molecule has 0 amide bonds. The van der Waals surface area contributed by atoms with E-state index in [2.05, 4.69) is 0 Å². The number of rotatable bonds is 4. The molecule has 2 N–H and O–H groups in total. The Bertz CT molecular complexity index is 558. The summed E-state index contributed by atoms with van der Waals surface area (Å²) in [5, 5.41) is 18.9. The first-order chi connectivity index (χ1) is 9.08. The van der Waals surface area contributed by atoms with E-state index < -0.39 is 7.12 Å². The second-order valence-electron chi connectivity index (χ2n) is 3.94. The van der Waals surface area contributed by atoms with Gasteiger partial charge in [0.25, 0.3) is 0 Å². The molecule has 0 heterocycles. The number of hydrogen-bond acceptors (Lipinski definition) is 3. The van der Waals surface area contributed by atoms with Crippen LogP contribution in [0.15, 0.2) is 42.5 Å². The second-order valence-corrected chi connectivity index (χ2v) is 4.73. The highest BCUT2D eigenvalue weighted by Crippen LogP contribution is 2.26. The Balaban J connectivity index is 2.04. The molecule has 98 valence electrons. The number of hydrogen-bond donors (Lipinski definition) is 2. The highest BCUT2D eigenvalue weighted by molar-refractivity contribution is 6.58. The van der Waals surface area contributed by atoms with Gasteiger partial charge in [0.1, 0.15) is 12.4 Å². The quantitative estimate of drug-likeness (QED) is 0.851. The van der Waals surface area contributed by atoms with Crippen molar-refractivity contribution >= 4 is 35.8 Å². The third-order valence-electron chi connectivity index (χ3n) is 2.60. The zero-order valence-electron chi connectivity index (χ0n) is 9.88. The molecule has 19 heavy (non-hydrogen) atoms. The molecule has 0 fully saturated rings. The maximum atomic E-state index is 8.97. The Kier molecular flexibility index (Phi) is 4.72. The number of ether oxygens (including phenoxy) is 1. The van der Waals surface area contributed by atoms with Crippen LogP contribution >= 0.6 is 23.2 Å². The highest BCUT2D eigenvalue weighted by Gasteiger charge is 2.10. The number of benzene rings is 2. The molecule has 0 aliphatic carbocycles. The predicted octanol–water partition coefficient (Wildman–Crippen LogP) is 2.25. The van der Waals surface area contributed by atoms with E-state index >= 15 is 0 Å².